The number of aromatic amines is 1. The van der Waals surface area contributed by atoms with Gasteiger partial charge in [-0.05, 0) is 33.1 Å². The molecule has 2 aromatic rings. The van der Waals surface area contributed by atoms with Gasteiger partial charge in [-0.1, -0.05) is 0 Å². The van der Waals surface area contributed by atoms with Crippen molar-refractivity contribution < 1.29 is 9.59 Å². The average Bonchev–Trinajstić information content (AvgIpc) is 3.27. The van der Waals surface area contributed by atoms with Crippen molar-refractivity contribution in [3.05, 3.63) is 33.9 Å². The van der Waals surface area contributed by atoms with Crippen LogP contribution in [0.4, 0.5) is 0 Å². The summed E-state index contributed by atoms with van der Waals surface area (Å²) in [6.07, 6.45) is 3.21. The molecule has 0 aliphatic carbocycles. The van der Waals surface area contributed by atoms with E-state index in [9.17, 15) is 14.4 Å². The van der Waals surface area contributed by atoms with Crippen molar-refractivity contribution in [3.63, 3.8) is 0 Å². The van der Waals surface area contributed by atoms with Gasteiger partial charge in [0.25, 0.3) is 5.56 Å². The van der Waals surface area contributed by atoms with Crippen molar-refractivity contribution in [1.82, 2.24) is 24.4 Å². The molecule has 2 aromatic heterocycles. The highest BCUT2D eigenvalue weighted by Gasteiger charge is 2.34. The molecule has 0 unspecified atom stereocenters. The zero-order chi connectivity index (χ0) is 19.1. The molecule has 0 aromatic carbocycles. The average molecular weight is 371 g/mol. The minimum Gasteiger partial charge on any atom is -0.340 e. The molecule has 2 amide bonds. The van der Waals surface area contributed by atoms with E-state index in [1.807, 2.05) is 17.9 Å². The van der Waals surface area contributed by atoms with E-state index in [1.165, 1.54) is 10.6 Å². The molecule has 2 aliphatic rings. The van der Waals surface area contributed by atoms with Gasteiger partial charge < -0.3 is 9.80 Å². The van der Waals surface area contributed by atoms with Crippen LogP contribution in [-0.2, 0) is 9.59 Å². The third-order valence-corrected chi connectivity index (χ3v) is 5.71. The number of rotatable bonds is 3. The number of nitrogens with one attached hydrogen (secondary N) is 1. The van der Waals surface area contributed by atoms with Crippen molar-refractivity contribution >= 4 is 17.5 Å². The van der Waals surface area contributed by atoms with E-state index < -0.39 is 6.04 Å². The van der Waals surface area contributed by atoms with Gasteiger partial charge in [0.05, 0.1) is 0 Å². The second-order valence-corrected chi connectivity index (χ2v) is 7.63. The number of aryl methyl sites for hydroxylation is 1. The normalized spacial score (nSPS) is 21.9. The Morgan fingerprint density at radius 2 is 2.07 bits per heavy atom. The molecule has 4 heterocycles. The molecular weight excluding hydrogens is 346 g/mol. The predicted molar refractivity (Wildman–Crippen MR) is 99.5 cm³/mol. The van der Waals surface area contributed by atoms with Gasteiger partial charge in [-0.15, -0.1) is 0 Å². The van der Waals surface area contributed by atoms with Gasteiger partial charge >= 0.3 is 0 Å². The third kappa shape index (κ3) is 3.24. The summed E-state index contributed by atoms with van der Waals surface area (Å²) in [5, 5.41) is 3.15. The molecule has 8 nitrogen and oxygen atoms in total. The van der Waals surface area contributed by atoms with E-state index in [4.69, 9.17) is 0 Å². The molecule has 0 bridgehead atoms. The summed E-state index contributed by atoms with van der Waals surface area (Å²) >= 11 is 0. The lowest BCUT2D eigenvalue weighted by atomic mass is 9.94. The second kappa shape index (κ2) is 6.83. The SMILES string of the molecule is Cc1cc(=O)n2[nH]c([C@H]3CCCN(C(=O)[C@@H](C)N4CCCC4=O)C3)cc2n1. The molecule has 8 heteroatoms. The summed E-state index contributed by atoms with van der Waals surface area (Å²) in [4.78, 5) is 45.0. The van der Waals surface area contributed by atoms with E-state index in [2.05, 4.69) is 10.1 Å². The largest absolute Gasteiger partial charge is 0.340 e. The maximum absolute atomic E-state index is 12.9. The number of aromatic nitrogens is 3. The van der Waals surface area contributed by atoms with E-state index in [0.29, 0.717) is 37.4 Å². The van der Waals surface area contributed by atoms with Crippen LogP contribution in [-0.4, -0.2) is 61.9 Å². The van der Waals surface area contributed by atoms with Crippen LogP contribution < -0.4 is 5.56 Å². The Morgan fingerprint density at radius 3 is 2.81 bits per heavy atom. The number of likely N-dealkylation sites (tertiary alicyclic amines) is 2. The maximum Gasteiger partial charge on any atom is 0.272 e. The first-order valence-electron chi connectivity index (χ1n) is 9.61. The second-order valence-electron chi connectivity index (χ2n) is 7.63. The number of H-pyrrole nitrogens is 1. The van der Waals surface area contributed by atoms with Gasteiger partial charge in [0.15, 0.2) is 5.65 Å². The van der Waals surface area contributed by atoms with Crippen molar-refractivity contribution in [2.24, 2.45) is 0 Å². The fourth-order valence-corrected chi connectivity index (χ4v) is 4.25. The number of fused-ring (bicyclic) bond motifs is 1. The van der Waals surface area contributed by atoms with Crippen LogP contribution in [0.25, 0.3) is 5.65 Å². The van der Waals surface area contributed by atoms with Crippen LogP contribution in [0, 0.1) is 6.92 Å². The Kier molecular flexibility index (Phi) is 4.49. The maximum atomic E-state index is 12.9. The number of carbonyl (C=O) groups excluding carboxylic acids is 2. The molecule has 27 heavy (non-hydrogen) atoms. The van der Waals surface area contributed by atoms with Gasteiger partial charge in [0, 0.05) is 55.5 Å². The molecule has 2 aliphatic heterocycles. The summed E-state index contributed by atoms with van der Waals surface area (Å²) in [5.74, 6) is 0.212. The summed E-state index contributed by atoms with van der Waals surface area (Å²) in [6, 6.07) is 2.99. The number of nitrogens with zero attached hydrogens (tertiary/aromatic N) is 4. The van der Waals surface area contributed by atoms with Gasteiger partial charge in [-0.25, -0.2) is 9.50 Å². The molecule has 0 saturated carbocycles. The minimum absolute atomic E-state index is 0.0113. The first-order chi connectivity index (χ1) is 12.9. The highest BCUT2D eigenvalue weighted by molar-refractivity contribution is 5.88. The highest BCUT2D eigenvalue weighted by Crippen LogP contribution is 2.27. The number of carbonyl (C=O) groups is 2. The summed E-state index contributed by atoms with van der Waals surface area (Å²) in [6.45, 7) is 5.59. The Balaban J connectivity index is 1.52. The number of amides is 2. The van der Waals surface area contributed by atoms with E-state index in [-0.39, 0.29) is 23.3 Å². The molecule has 0 radical (unpaired) electrons. The summed E-state index contributed by atoms with van der Waals surface area (Å²) in [5.41, 5.74) is 2.09. The van der Waals surface area contributed by atoms with Crippen LogP contribution in [0.3, 0.4) is 0 Å². The monoisotopic (exact) mass is 371 g/mol. The molecule has 2 saturated heterocycles. The van der Waals surface area contributed by atoms with Crippen molar-refractivity contribution in [2.45, 2.75) is 51.5 Å². The standard InChI is InChI=1S/C19H25N5O3/c1-12-9-18(26)24-16(20-12)10-15(21-24)14-5-3-7-22(11-14)19(27)13(2)23-8-4-6-17(23)25/h9-10,13-14,21H,3-8,11H2,1-2H3/t13-,14+/m1/s1. The quantitative estimate of drug-likeness (QED) is 0.873. The first-order valence-corrected chi connectivity index (χ1v) is 9.61. The van der Waals surface area contributed by atoms with Crippen molar-refractivity contribution in [2.75, 3.05) is 19.6 Å². The van der Waals surface area contributed by atoms with E-state index in [0.717, 1.165) is 25.0 Å². The molecule has 4 rings (SSSR count). The minimum atomic E-state index is -0.409. The van der Waals surface area contributed by atoms with Gasteiger partial charge in [0.1, 0.15) is 6.04 Å². The Labute approximate surface area is 157 Å². The zero-order valence-corrected chi connectivity index (χ0v) is 15.8. The highest BCUT2D eigenvalue weighted by atomic mass is 16.2. The Hall–Kier alpha value is -2.64. The van der Waals surface area contributed by atoms with Crippen molar-refractivity contribution in [1.29, 1.82) is 0 Å². The Morgan fingerprint density at radius 1 is 1.26 bits per heavy atom. The molecular formula is C19H25N5O3. The first kappa shape index (κ1) is 17.8. The lowest BCUT2D eigenvalue weighted by molar-refractivity contribution is -0.143. The Bertz CT molecular complexity index is 946. The lowest BCUT2D eigenvalue weighted by Crippen LogP contribution is -2.50. The van der Waals surface area contributed by atoms with Crippen LogP contribution >= 0.6 is 0 Å². The lowest BCUT2D eigenvalue weighted by Gasteiger charge is -2.36. The molecule has 2 fully saturated rings. The van der Waals surface area contributed by atoms with Crippen LogP contribution in [0.5, 0.6) is 0 Å². The number of hydrogen-bond donors (Lipinski definition) is 1. The fraction of sp³-hybridized carbons (Fsp3) is 0.579. The predicted octanol–water partition coefficient (Wildman–Crippen LogP) is 1.05. The molecule has 2 atom stereocenters. The van der Waals surface area contributed by atoms with E-state index in [1.54, 1.807) is 11.8 Å². The zero-order valence-electron chi connectivity index (χ0n) is 15.8. The van der Waals surface area contributed by atoms with Gasteiger partial charge in [0.2, 0.25) is 11.8 Å². The fourth-order valence-electron chi connectivity index (χ4n) is 4.25. The molecule has 0 spiro atoms. The van der Waals surface area contributed by atoms with Crippen LogP contribution in [0.2, 0.25) is 0 Å². The number of piperidine rings is 1. The van der Waals surface area contributed by atoms with Crippen LogP contribution in [0.1, 0.15) is 49.9 Å². The number of hydrogen-bond acceptors (Lipinski definition) is 4. The van der Waals surface area contributed by atoms with Gasteiger partial charge in [-0.3, -0.25) is 19.5 Å². The summed E-state index contributed by atoms with van der Waals surface area (Å²) in [7, 11) is 0. The van der Waals surface area contributed by atoms with Crippen LogP contribution in [0.15, 0.2) is 16.9 Å². The topological polar surface area (TPSA) is 90.8 Å². The summed E-state index contributed by atoms with van der Waals surface area (Å²) < 4.78 is 1.45. The molecule has 144 valence electrons. The smallest absolute Gasteiger partial charge is 0.272 e. The molecule has 1 N–H and O–H groups in total. The van der Waals surface area contributed by atoms with E-state index >= 15 is 0 Å². The van der Waals surface area contributed by atoms with Crippen molar-refractivity contribution in [3.8, 4) is 0 Å². The van der Waals surface area contributed by atoms with Gasteiger partial charge in [-0.2, -0.15) is 0 Å². The third-order valence-electron chi connectivity index (χ3n) is 5.71.